The number of hydrogen-bond donors (Lipinski definition) is 2. The molecule has 1 aliphatic heterocycles. The van der Waals surface area contributed by atoms with Gasteiger partial charge >= 0.3 is 11.8 Å². The van der Waals surface area contributed by atoms with Crippen LogP contribution in [0.25, 0.3) is 11.0 Å². The lowest BCUT2D eigenvalue weighted by Crippen LogP contribution is -2.33. The lowest BCUT2D eigenvalue weighted by atomic mass is 10.1. The highest BCUT2D eigenvalue weighted by Crippen LogP contribution is 2.32. The summed E-state index contributed by atoms with van der Waals surface area (Å²) < 4.78 is 19.5. The van der Waals surface area contributed by atoms with E-state index in [1.807, 2.05) is 24.3 Å². The second-order valence-electron chi connectivity index (χ2n) is 8.99. The van der Waals surface area contributed by atoms with Crippen molar-refractivity contribution in [1.29, 1.82) is 0 Å². The molecule has 1 saturated heterocycles. The number of pyridine rings is 2. The number of rotatable bonds is 6. The highest BCUT2D eigenvalue weighted by atomic mass is 16.5. The van der Waals surface area contributed by atoms with Crippen LogP contribution in [-0.4, -0.2) is 57.7 Å². The van der Waals surface area contributed by atoms with E-state index < -0.39 is 6.09 Å². The van der Waals surface area contributed by atoms with Crippen LogP contribution in [0.1, 0.15) is 38.1 Å². The van der Waals surface area contributed by atoms with Crippen molar-refractivity contribution in [3.63, 3.8) is 0 Å². The van der Waals surface area contributed by atoms with E-state index in [0.717, 1.165) is 36.7 Å². The van der Waals surface area contributed by atoms with Crippen molar-refractivity contribution in [1.82, 2.24) is 24.4 Å². The Hall–Kier alpha value is -3.60. The summed E-state index contributed by atoms with van der Waals surface area (Å²) in [5.74, 6) is 1.74. The van der Waals surface area contributed by atoms with E-state index in [-0.39, 0.29) is 23.9 Å². The summed E-state index contributed by atoms with van der Waals surface area (Å²) in [6.45, 7) is 1.40. The SMILES string of the molecule is COC(=O)N[C@@H]1CC[C@@H](n2c(=O)n(C)c3cnc(Nc4cccc(OC5CCOCC5)n4)cc32)C1. The summed E-state index contributed by atoms with van der Waals surface area (Å²) in [6, 6.07) is 7.38. The number of imidazole rings is 1. The van der Waals surface area contributed by atoms with E-state index in [0.29, 0.717) is 37.2 Å². The third kappa shape index (κ3) is 4.95. The van der Waals surface area contributed by atoms with Crippen molar-refractivity contribution in [2.45, 2.75) is 50.3 Å². The van der Waals surface area contributed by atoms with Gasteiger partial charge in [0.1, 0.15) is 17.7 Å². The van der Waals surface area contributed by atoms with Gasteiger partial charge in [0.05, 0.1) is 37.6 Å². The highest BCUT2D eigenvalue weighted by Gasteiger charge is 2.30. The minimum Gasteiger partial charge on any atom is -0.474 e. The number of aryl methyl sites for hydroxylation is 1. The Morgan fingerprint density at radius 1 is 1.14 bits per heavy atom. The third-order valence-corrected chi connectivity index (χ3v) is 6.69. The summed E-state index contributed by atoms with van der Waals surface area (Å²) >= 11 is 0. The molecule has 186 valence electrons. The van der Waals surface area contributed by atoms with Gasteiger partial charge in [0.2, 0.25) is 5.88 Å². The molecule has 5 rings (SSSR count). The molecular weight excluding hydrogens is 452 g/mol. The number of alkyl carbamates (subject to hydrolysis) is 1. The molecule has 3 aromatic rings. The molecule has 4 heterocycles. The van der Waals surface area contributed by atoms with Gasteiger partial charge in [0, 0.05) is 44.1 Å². The van der Waals surface area contributed by atoms with Crippen LogP contribution >= 0.6 is 0 Å². The second kappa shape index (κ2) is 9.95. The van der Waals surface area contributed by atoms with E-state index in [1.54, 1.807) is 22.4 Å². The first kappa shape index (κ1) is 23.2. The summed E-state index contributed by atoms with van der Waals surface area (Å²) in [5.41, 5.74) is 1.43. The van der Waals surface area contributed by atoms with Gasteiger partial charge in [-0.3, -0.25) is 9.13 Å². The number of amides is 1. The van der Waals surface area contributed by atoms with Gasteiger partial charge in [-0.05, 0) is 25.3 Å². The molecule has 1 saturated carbocycles. The van der Waals surface area contributed by atoms with Gasteiger partial charge in [-0.25, -0.2) is 14.6 Å². The quantitative estimate of drug-likeness (QED) is 0.550. The first-order valence-corrected chi connectivity index (χ1v) is 11.9. The largest absolute Gasteiger partial charge is 0.474 e. The Kier molecular flexibility index (Phi) is 6.58. The second-order valence-corrected chi connectivity index (χ2v) is 8.99. The minimum absolute atomic E-state index is 0.0297. The Bertz CT molecular complexity index is 1270. The maximum atomic E-state index is 13.1. The van der Waals surface area contributed by atoms with Gasteiger partial charge in [0.15, 0.2) is 0 Å². The topological polar surface area (TPSA) is 122 Å². The number of ether oxygens (including phenoxy) is 3. The normalized spacial score (nSPS) is 20.6. The Labute approximate surface area is 202 Å². The zero-order valence-electron chi connectivity index (χ0n) is 19.9. The highest BCUT2D eigenvalue weighted by molar-refractivity contribution is 5.79. The number of nitrogens with zero attached hydrogens (tertiary/aromatic N) is 4. The number of fused-ring (bicyclic) bond motifs is 1. The van der Waals surface area contributed by atoms with Gasteiger partial charge in [0.25, 0.3) is 0 Å². The molecular formula is C24H30N6O5. The molecule has 0 aromatic carbocycles. The molecule has 1 amide bonds. The molecule has 1 aliphatic carbocycles. The van der Waals surface area contributed by atoms with Crippen molar-refractivity contribution < 1.29 is 19.0 Å². The average Bonchev–Trinajstić information content (AvgIpc) is 3.41. The lowest BCUT2D eigenvalue weighted by Gasteiger charge is -2.22. The van der Waals surface area contributed by atoms with Crippen LogP contribution in [0.5, 0.6) is 5.88 Å². The van der Waals surface area contributed by atoms with E-state index in [9.17, 15) is 9.59 Å². The van der Waals surface area contributed by atoms with Gasteiger partial charge in [-0.1, -0.05) is 6.07 Å². The number of nitrogens with one attached hydrogen (secondary N) is 2. The molecule has 2 fully saturated rings. The number of carbonyl (C=O) groups excluding carboxylic acids is 1. The zero-order valence-corrected chi connectivity index (χ0v) is 19.9. The van der Waals surface area contributed by atoms with Crippen LogP contribution in [0.2, 0.25) is 0 Å². The summed E-state index contributed by atoms with van der Waals surface area (Å²) in [5, 5.41) is 6.08. The van der Waals surface area contributed by atoms with Crippen molar-refractivity contribution in [2.24, 2.45) is 7.05 Å². The van der Waals surface area contributed by atoms with Gasteiger partial charge in [-0.15, -0.1) is 0 Å². The molecule has 3 aromatic heterocycles. The first-order chi connectivity index (χ1) is 17.0. The fraction of sp³-hybridized carbons (Fsp3) is 0.500. The van der Waals surface area contributed by atoms with Crippen LogP contribution in [0, 0.1) is 0 Å². The number of aromatic nitrogens is 4. The van der Waals surface area contributed by atoms with Crippen molar-refractivity contribution in [3.8, 4) is 5.88 Å². The van der Waals surface area contributed by atoms with Crippen LogP contribution < -0.4 is 21.1 Å². The molecule has 2 aliphatic rings. The fourth-order valence-corrected chi connectivity index (χ4v) is 4.87. The van der Waals surface area contributed by atoms with E-state index in [4.69, 9.17) is 14.2 Å². The Morgan fingerprint density at radius 3 is 2.77 bits per heavy atom. The molecule has 0 radical (unpaired) electrons. The van der Waals surface area contributed by atoms with Crippen LogP contribution in [0.3, 0.4) is 0 Å². The summed E-state index contributed by atoms with van der Waals surface area (Å²) in [6.07, 6.45) is 5.26. The van der Waals surface area contributed by atoms with Crippen molar-refractivity contribution >= 4 is 28.8 Å². The van der Waals surface area contributed by atoms with E-state index in [2.05, 4.69) is 20.6 Å². The smallest absolute Gasteiger partial charge is 0.407 e. The molecule has 0 unspecified atom stereocenters. The van der Waals surface area contributed by atoms with Crippen LogP contribution in [-0.2, 0) is 16.5 Å². The zero-order chi connectivity index (χ0) is 24.4. The van der Waals surface area contributed by atoms with E-state index in [1.165, 1.54) is 7.11 Å². The standard InChI is InChI=1S/C24H30N6O5/c1-29-19-14-25-21(27-20-4-3-5-22(28-20)35-17-8-10-34-11-9-17)13-18(19)30(24(29)32)16-7-6-15(12-16)26-23(31)33-2/h3-5,13-17H,6-12H2,1-2H3,(H,26,31)(H,25,27,28)/t15-,16-/m1/s1. The maximum Gasteiger partial charge on any atom is 0.407 e. The summed E-state index contributed by atoms with van der Waals surface area (Å²) in [4.78, 5) is 33.8. The third-order valence-electron chi connectivity index (χ3n) is 6.69. The van der Waals surface area contributed by atoms with Crippen molar-refractivity contribution in [3.05, 3.63) is 40.9 Å². The average molecular weight is 483 g/mol. The monoisotopic (exact) mass is 482 g/mol. The first-order valence-electron chi connectivity index (χ1n) is 11.9. The predicted octanol–water partition coefficient (Wildman–Crippen LogP) is 2.88. The molecule has 11 heteroatoms. The van der Waals surface area contributed by atoms with Gasteiger partial charge < -0.3 is 24.8 Å². The Morgan fingerprint density at radius 2 is 1.97 bits per heavy atom. The predicted molar refractivity (Wildman–Crippen MR) is 129 cm³/mol. The molecule has 0 spiro atoms. The lowest BCUT2D eigenvalue weighted by molar-refractivity contribution is 0.0238. The Balaban J connectivity index is 1.36. The minimum atomic E-state index is -0.452. The van der Waals surface area contributed by atoms with Gasteiger partial charge in [-0.2, -0.15) is 4.98 Å². The number of hydrogen-bond acceptors (Lipinski definition) is 8. The number of anilines is 2. The molecule has 2 N–H and O–H groups in total. The molecule has 35 heavy (non-hydrogen) atoms. The number of carbonyl (C=O) groups is 1. The summed E-state index contributed by atoms with van der Waals surface area (Å²) in [7, 11) is 3.09. The maximum absolute atomic E-state index is 13.1. The number of methoxy groups -OCH3 is 1. The van der Waals surface area contributed by atoms with Crippen LogP contribution in [0.15, 0.2) is 35.3 Å². The molecule has 2 atom stereocenters. The molecule has 11 nitrogen and oxygen atoms in total. The fourth-order valence-electron chi connectivity index (χ4n) is 4.87. The van der Waals surface area contributed by atoms with Crippen molar-refractivity contribution in [2.75, 3.05) is 25.6 Å². The molecule has 0 bridgehead atoms. The van der Waals surface area contributed by atoms with E-state index >= 15 is 0 Å². The van der Waals surface area contributed by atoms with Crippen LogP contribution in [0.4, 0.5) is 16.4 Å².